The van der Waals surface area contributed by atoms with Crippen LogP contribution in [0.25, 0.3) is 11.1 Å². The first-order valence-electron chi connectivity index (χ1n) is 12.3. The van der Waals surface area contributed by atoms with Crippen LogP contribution in [0, 0.1) is 0 Å². The number of benzene rings is 3. The van der Waals surface area contributed by atoms with Gasteiger partial charge in [0.15, 0.2) is 0 Å². The van der Waals surface area contributed by atoms with Gasteiger partial charge in [0.25, 0.3) is 0 Å². The van der Waals surface area contributed by atoms with Crippen molar-refractivity contribution in [3.63, 3.8) is 0 Å². The van der Waals surface area contributed by atoms with Crippen LogP contribution < -0.4 is 9.47 Å². The maximum atomic E-state index is 12.5. The molecule has 0 saturated carbocycles. The molecule has 3 aromatic rings. The zero-order valence-electron chi connectivity index (χ0n) is 20.0. The molecule has 0 atom stereocenters. The summed E-state index contributed by atoms with van der Waals surface area (Å²) in [4.78, 5) is 12.5. The molecule has 0 unspecified atom stereocenters. The van der Waals surface area contributed by atoms with E-state index in [0.717, 1.165) is 36.1 Å². The fourth-order valence-electron chi connectivity index (χ4n) is 3.70. The summed E-state index contributed by atoms with van der Waals surface area (Å²) in [5.74, 6) is 0.937. The first-order valence-corrected chi connectivity index (χ1v) is 12.3. The van der Waals surface area contributed by atoms with Crippen molar-refractivity contribution in [2.45, 2.75) is 65.2 Å². The van der Waals surface area contributed by atoms with Gasteiger partial charge in [0.05, 0.1) is 12.2 Å². The SMILES string of the molecule is CCCCCCCc1ccc(-c2ccc(C(=O)Oc3ccc(OCCCC)cc3)cc2)cc1. The van der Waals surface area contributed by atoms with Crippen LogP contribution in [-0.2, 0) is 6.42 Å². The summed E-state index contributed by atoms with van der Waals surface area (Å²) in [7, 11) is 0. The molecule has 3 aromatic carbocycles. The standard InChI is InChI=1S/C30H36O3/c1-3-5-7-8-9-10-24-11-13-25(14-12-24)26-15-17-27(18-16-26)30(31)33-29-21-19-28(20-22-29)32-23-6-4-2/h11-22H,3-10,23H2,1-2H3. The average molecular weight is 445 g/mol. The zero-order valence-corrected chi connectivity index (χ0v) is 20.0. The lowest BCUT2D eigenvalue weighted by Crippen LogP contribution is -2.08. The molecule has 0 radical (unpaired) electrons. The summed E-state index contributed by atoms with van der Waals surface area (Å²) in [6, 6.07) is 23.5. The van der Waals surface area contributed by atoms with E-state index in [1.807, 2.05) is 36.4 Å². The highest BCUT2D eigenvalue weighted by Crippen LogP contribution is 2.23. The number of aryl methyl sites for hydroxylation is 1. The average Bonchev–Trinajstić information content (AvgIpc) is 2.86. The molecule has 0 bridgehead atoms. The van der Waals surface area contributed by atoms with Crippen LogP contribution in [-0.4, -0.2) is 12.6 Å². The van der Waals surface area contributed by atoms with Crippen LogP contribution >= 0.6 is 0 Å². The lowest BCUT2D eigenvalue weighted by Gasteiger charge is -2.08. The molecule has 0 N–H and O–H groups in total. The highest BCUT2D eigenvalue weighted by atomic mass is 16.5. The van der Waals surface area contributed by atoms with E-state index in [-0.39, 0.29) is 5.97 Å². The van der Waals surface area contributed by atoms with E-state index in [1.165, 1.54) is 37.7 Å². The number of rotatable bonds is 13. The summed E-state index contributed by atoms with van der Waals surface area (Å²) >= 11 is 0. The van der Waals surface area contributed by atoms with Crippen molar-refractivity contribution < 1.29 is 14.3 Å². The van der Waals surface area contributed by atoms with Crippen LogP contribution in [0.5, 0.6) is 11.5 Å². The second kappa shape index (κ2) is 13.5. The van der Waals surface area contributed by atoms with Crippen LogP contribution in [0.4, 0.5) is 0 Å². The Morgan fingerprint density at radius 2 is 1.21 bits per heavy atom. The van der Waals surface area contributed by atoms with E-state index < -0.39 is 0 Å². The Labute approximate surface area is 198 Å². The van der Waals surface area contributed by atoms with Crippen molar-refractivity contribution in [2.75, 3.05) is 6.61 Å². The predicted octanol–water partition coefficient (Wildman–Crippen LogP) is 8.26. The molecule has 0 saturated heterocycles. The van der Waals surface area contributed by atoms with Crippen molar-refractivity contribution in [2.24, 2.45) is 0 Å². The molecule has 0 amide bonds. The van der Waals surface area contributed by atoms with Gasteiger partial charge in [-0.2, -0.15) is 0 Å². The van der Waals surface area contributed by atoms with E-state index in [1.54, 1.807) is 12.1 Å². The molecule has 3 nitrogen and oxygen atoms in total. The number of carbonyl (C=O) groups excluding carboxylic acids is 1. The second-order valence-electron chi connectivity index (χ2n) is 8.50. The van der Waals surface area contributed by atoms with E-state index in [9.17, 15) is 4.79 Å². The van der Waals surface area contributed by atoms with Gasteiger partial charge < -0.3 is 9.47 Å². The molecule has 3 heteroatoms. The summed E-state index contributed by atoms with van der Waals surface area (Å²) in [5.41, 5.74) is 4.17. The van der Waals surface area contributed by atoms with Gasteiger partial charge in [0, 0.05) is 0 Å². The smallest absolute Gasteiger partial charge is 0.343 e. The van der Waals surface area contributed by atoms with Gasteiger partial charge in [-0.15, -0.1) is 0 Å². The molecular formula is C30H36O3. The third-order valence-electron chi connectivity index (χ3n) is 5.78. The molecule has 0 aliphatic heterocycles. The minimum absolute atomic E-state index is 0.361. The maximum absolute atomic E-state index is 12.5. The monoisotopic (exact) mass is 444 g/mol. The van der Waals surface area contributed by atoms with E-state index >= 15 is 0 Å². The van der Waals surface area contributed by atoms with E-state index in [0.29, 0.717) is 17.9 Å². The molecule has 0 spiro atoms. The topological polar surface area (TPSA) is 35.5 Å². The van der Waals surface area contributed by atoms with E-state index in [4.69, 9.17) is 9.47 Å². The first-order chi connectivity index (χ1) is 16.2. The Bertz CT molecular complexity index is 957. The molecule has 3 rings (SSSR count). The molecule has 0 aliphatic carbocycles. The summed E-state index contributed by atoms with van der Waals surface area (Å²) in [6.07, 6.45) is 9.78. The third-order valence-corrected chi connectivity index (χ3v) is 5.78. The molecule has 0 aromatic heterocycles. The number of unbranched alkanes of at least 4 members (excludes halogenated alkanes) is 5. The van der Waals surface area contributed by atoms with Crippen LogP contribution in [0.1, 0.15) is 74.7 Å². The van der Waals surface area contributed by atoms with Crippen molar-refractivity contribution in [1.82, 2.24) is 0 Å². The van der Waals surface area contributed by atoms with Crippen molar-refractivity contribution in [3.05, 3.63) is 83.9 Å². The summed E-state index contributed by atoms with van der Waals surface area (Å²) in [5, 5.41) is 0. The first kappa shape index (κ1) is 24.6. The Morgan fingerprint density at radius 1 is 0.636 bits per heavy atom. The molecular weight excluding hydrogens is 408 g/mol. The molecule has 174 valence electrons. The normalized spacial score (nSPS) is 10.7. The van der Waals surface area contributed by atoms with Gasteiger partial charge in [-0.25, -0.2) is 4.79 Å². The van der Waals surface area contributed by atoms with E-state index in [2.05, 4.69) is 38.1 Å². The number of esters is 1. The van der Waals surface area contributed by atoms with Gasteiger partial charge in [0.1, 0.15) is 11.5 Å². The summed E-state index contributed by atoms with van der Waals surface area (Å²) in [6.45, 7) is 5.08. The largest absolute Gasteiger partial charge is 0.494 e. The van der Waals surface area contributed by atoms with Crippen LogP contribution in [0.2, 0.25) is 0 Å². The van der Waals surface area contributed by atoms with Gasteiger partial charge in [-0.3, -0.25) is 0 Å². The van der Waals surface area contributed by atoms with Crippen molar-refractivity contribution in [1.29, 1.82) is 0 Å². The Balaban J connectivity index is 1.51. The fourth-order valence-corrected chi connectivity index (χ4v) is 3.70. The number of hydrogen-bond donors (Lipinski definition) is 0. The quantitative estimate of drug-likeness (QED) is 0.151. The Hall–Kier alpha value is -3.07. The van der Waals surface area contributed by atoms with Crippen molar-refractivity contribution >= 4 is 5.97 Å². The second-order valence-corrected chi connectivity index (χ2v) is 8.50. The minimum Gasteiger partial charge on any atom is -0.494 e. The third kappa shape index (κ3) is 8.09. The molecule has 0 fully saturated rings. The maximum Gasteiger partial charge on any atom is 0.343 e. The van der Waals surface area contributed by atoms with Gasteiger partial charge in [-0.1, -0.05) is 82.3 Å². The minimum atomic E-state index is -0.361. The van der Waals surface area contributed by atoms with Gasteiger partial charge in [0.2, 0.25) is 0 Å². The lowest BCUT2D eigenvalue weighted by atomic mass is 10.00. The predicted molar refractivity (Wildman–Crippen MR) is 136 cm³/mol. The lowest BCUT2D eigenvalue weighted by molar-refractivity contribution is 0.0734. The molecule has 0 heterocycles. The Morgan fingerprint density at radius 3 is 1.85 bits per heavy atom. The van der Waals surface area contributed by atoms with Crippen LogP contribution in [0.15, 0.2) is 72.8 Å². The number of hydrogen-bond acceptors (Lipinski definition) is 3. The highest BCUT2D eigenvalue weighted by Gasteiger charge is 2.09. The number of carbonyl (C=O) groups is 1. The van der Waals surface area contributed by atoms with Crippen LogP contribution in [0.3, 0.4) is 0 Å². The molecule has 0 aliphatic rings. The Kier molecular flexibility index (Phi) is 10.0. The highest BCUT2D eigenvalue weighted by molar-refractivity contribution is 5.91. The fraction of sp³-hybridized carbons (Fsp3) is 0.367. The number of ether oxygens (including phenoxy) is 2. The summed E-state index contributed by atoms with van der Waals surface area (Å²) < 4.78 is 11.2. The van der Waals surface area contributed by atoms with Gasteiger partial charge in [-0.05, 0) is 72.4 Å². The van der Waals surface area contributed by atoms with Gasteiger partial charge >= 0.3 is 5.97 Å². The van der Waals surface area contributed by atoms with Crippen molar-refractivity contribution in [3.8, 4) is 22.6 Å². The molecule has 33 heavy (non-hydrogen) atoms. The zero-order chi connectivity index (χ0) is 23.3.